The molecule has 6 aromatic carbocycles. The minimum absolute atomic E-state index is 0.132. The molecule has 0 bridgehead atoms. The van der Waals surface area contributed by atoms with Crippen molar-refractivity contribution in [2.45, 2.75) is 124 Å². The molecule has 0 amide bonds. The highest BCUT2D eigenvalue weighted by Gasteiger charge is 2.37. The van der Waals surface area contributed by atoms with Crippen molar-refractivity contribution in [3.8, 4) is 0 Å². The molecule has 0 saturated heterocycles. The van der Waals surface area contributed by atoms with Crippen LogP contribution in [0.3, 0.4) is 0 Å². The molecule has 0 fully saturated rings. The normalized spacial score (nSPS) is 11.4. The molecule has 5 N–H and O–H groups in total. The van der Waals surface area contributed by atoms with Crippen LogP contribution >= 0.6 is 0 Å². The molecule has 0 atom stereocenters. The van der Waals surface area contributed by atoms with Crippen molar-refractivity contribution in [2.75, 3.05) is 66.5 Å². The predicted molar refractivity (Wildman–Crippen MR) is 317 cm³/mol. The lowest BCUT2D eigenvalue weighted by atomic mass is 10.1. The second kappa shape index (κ2) is 32.6. The molecule has 406 valence electrons. The Morgan fingerprint density at radius 1 is 0.486 bits per heavy atom. The zero-order valence-electron chi connectivity index (χ0n) is 47.0. The minimum Gasteiger partial charge on any atom is -0.416 e. The molecular weight excluding hydrogens is 967 g/mol. The highest BCUT2D eigenvalue weighted by Crippen LogP contribution is 2.37. The Bertz CT molecular complexity index is 2360. The number of nitrogens with one attached hydrogen (secondary N) is 5. The summed E-state index contributed by atoms with van der Waals surface area (Å²) in [5, 5.41) is 15.9. The van der Waals surface area contributed by atoms with Gasteiger partial charge in [-0.1, -0.05) is 140 Å². The van der Waals surface area contributed by atoms with Gasteiger partial charge in [0.25, 0.3) is 0 Å². The maximum atomic E-state index is 13.7. The van der Waals surface area contributed by atoms with Crippen LogP contribution in [0.4, 0.5) is 51.7 Å². The van der Waals surface area contributed by atoms with E-state index in [-0.39, 0.29) is 10.9 Å². The molecule has 0 radical (unpaired) electrons. The summed E-state index contributed by atoms with van der Waals surface area (Å²) in [7, 11) is -1.35. The fourth-order valence-corrected chi connectivity index (χ4v) is 8.27. The van der Waals surface area contributed by atoms with Gasteiger partial charge in [0.15, 0.2) is 16.6 Å². The van der Waals surface area contributed by atoms with Crippen LogP contribution in [0.15, 0.2) is 158 Å². The number of hydrogen-bond donors (Lipinski definition) is 5. The van der Waals surface area contributed by atoms with Crippen LogP contribution in [-0.4, -0.2) is 62.7 Å². The number of para-hydroxylation sites is 4. The van der Waals surface area contributed by atoms with Crippen LogP contribution in [0.1, 0.15) is 78.0 Å². The van der Waals surface area contributed by atoms with Gasteiger partial charge in [0, 0.05) is 60.9 Å². The van der Waals surface area contributed by atoms with Gasteiger partial charge in [0.1, 0.15) is 12.4 Å². The molecule has 7 nitrogen and oxygen atoms in total. The molecule has 0 unspecified atom stereocenters. The Hall–Kier alpha value is -5.61. The van der Waals surface area contributed by atoms with Gasteiger partial charge in [-0.2, -0.15) is 13.2 Å². The molecular formula is C61H89F4N5O2Si2. The molecule has 13 heteroatoms. The first-order valence-electron chi connectivity index (χ1n) is 25.8. The molecule has 0 aliphatic heterocycles. The Labute approximate surface area is 446 Å². The van der Waals surface area contributed by atoms with Crippen molar-refractivity contribution in [2.24, 2.45) is 0 Å². The maximum Gasteiger partial charge on any atom is 0.405 e. The fourth-order valence-electron chi connectivity index (χ4n) is 6.18. The first kappa shape index (κ1) is 64.5. The SMILES string of the molecule is CC(C)(C)[Si](C)(C)OCCNc1ccccc1.CCCCNc1ccccc1.CNc1ccccc1.Cc1cc(Nc2ccc(CCO[Si](C)(C)C(C)(C)C)cc2)cc(C)c1F.FC(F)(F)CNc1ccccc1. The number of rotatable bonds is 18. The van der Waals surface area contributed by atoms with Gasteiger partial charge in [0.05, 0.1) is 6.61 Å². The van der Waals surface area contributed by atoms with Crippen molar-refractivity contribution in [1.29, 1.82) is 0 Å². The zero-order chi connectivity index (χ0) is 55.3. The van der Waals surface area contributed by atoms with Crippen molar-refractivity contribution >= 4 is 50.8 Å². The van der Waals surface area contributed by atoms with Crippen molar-refractivity contribution in [3.05, 3.63) is 180 Å². The molecule has 0 saturated carbocycles. The Morgan fingerprint density at radius 2 is 0.878 bits per heavy atom. The Kier molecular flexibility index (Phi) is 28.5. The zero-order valence-corrected chi connectivity index (χ0v) is 49.0. The third kappa shape index (κ3) is 27.1. The second-order valence-electron chi connectivity index (χ2n) is 21.1. The topological polar surface area (TPSA) is 78.6 Å². The highest BCUT2D eigenvalue weighted by atomic mass is 28.4. The summed E-state index contributed by atoms with van der Waals surface area (Å²) in [6, 6.07) is 51.0. The van der Waals surface area contributed by atoms with Crippen molar-refractivity contribution < 1.29 is 26.4 Å². The maximum absolute atomic E-state index is 13.7. The number of hydrogen-bond acceptors (Lipinski definition) is 7. The summed E-state index contributed by atoms with van der Waals surface area (Å²) in [6.07, 6.45) is -0.744. The van der Waals surface area contributed by atoms with Crippen molar-refractivity contribution in [3.63, 3.8) is 0 Å². The quantitative estimate of drug-likeness (QED) is 0.0333. The van der Waals surface area contributed by atoms with E-state index in [1.807, 2.05) is 85.9 Å². The van der Waals surface area contributed by atoms with E-state index in [4.69, 9.17) is 8.85 Å². The van der Waals surface area contributed by atoms with Crippen LogP contribution in [0, 0.1) is 19.7 Å². The molecule has 0 spiro atoms. The Balaban J connectivity index is 0.000000338. The highest BCUT2D eigenvalue weighted by molar-refractivity contribution is 6.74. The number of anilines is 6. The first-order chi connectivity index (χ1) is 34.8. The van der Waals surface area contributed by atoms with E-state index >= 15 is 0 Å². The van der Waals surface area contributed by atoms with Gasteiger partial charge < -0.3 is 35.4 Å². The number of aryl methyl sites for hydroxylation is 2. The first-order valence-corrected chi connectivity index (χ1v) is 31.7. The summed E-state index contributed by atoms with van der Waals surface area (Å²) in [4.78, 5) is 0. The van der Waals surface area contributed by atoms with E-state index in [0.29, 0.717) is 21.9 Å². The van der Waals surface area contributed by atoms with E-state index in [0.717, 1.165) is 55.5 Å². The lowest BCUT2D eigenvalue weighted by Gasteiger charge is -2.36. The van der Waals surface area contributed by atoms with Gasteiger partial charge in [-0.3, -0.25) is 0 Å². The average Bonchev–Trinajstić information content (AvgIpc) is 3.36. The fraction of sp³-hybridized carbons (Fsp3) is 0.410. The summed E-state index contributed by atoms with van der Waals surface area (Å²) < 4.78 is 61.1. The third-order valence-electron chi connectivity index (χ3n) is 12.8. The van der Waals surface area contributed by atoms with Crippen LogP contribution in [0.25, 0.3) is 0 Å². The molecule has 0 aromatic heterocycles. The monoisotopic (exact) mass is 1060 g/mol. The smallest absolute Gasteiger partial charge is 0.405 e. The number of alkyl halides is 3. The second-order valence-corrected chi connectivity index (χ2v) is 30.7. The lowest BCUT2D eigenvalue weighted by molar-refractivity contribution is -0.115. The number of unbranched alkanes of at least 4 members (excludes halogenated alkanes) is 1. The van der Waals surface area contributed by atoms with E-state index in [1.165, 1.54) is 24.1 Å². The van der Waals surface area contributed by atoms with E-state index in [2.05, 4.69) is 150 Å². The standard InChI is InChI=1S/C22H32FNOSi.C14H25NOSi.C10H15N.C8H8F3N.C7H9N/c1-16-14-20(15-17(2)21(16)23)24-19-10-8-18(9-11-19)12-13-25-26(6,7)22(3,4)5;1-14(2,3)17(4,5)16-12-11-15-13-9-7-6-8-10-13;1-2-3-9-11-10-7-5-4-6-8-10;9-8(10,11)6-12-7-4-2-1-3-5-7;1-8-7-5-3-2-4-6-7/h8-11,14-15,24H,12-13H2,1-7H3;6-10,15H,11-12H2,1-5H3;4-8,11H,2-3,9H2,1H3;1-5,12H,6H2;2-6,8H,1H3. The van der Waals surface area contributed by atoms with Crippen LogP contribution in [0.2, 0.25) is 36.3 Å². The van der Waals surface area contributed by atoms with Crippen molar-refractivity contribution in [1.82, 2.24) is 0 Å². The third-order valence-corrected chi connectivity index (χ3v) is 21.9. The predicted octanol–water partition coefficient (Wildman–Crippen LogP) is 18.2. The summed E-state index contributed by atoms with van der Waals surface area (Å²) >= 11 is 0. The lowest BCUT2D eigenvalue weighted by Crippen LogP contribution is -2.41. The minimum atomic E-state index is -4.16. The molecule has 6 rings (SSSR count). The number of halogens is 4. The van der Waals surface area contributed by atoms with Crippen LogP contribution in [-0.2, 0) is 15.3 Å². The molecule has 0 aliphatic rings. The van der Waals surface area contributed by atoms with Gasteiger partial charge in [-0.15, -0.1) is 0 Å². The van der Waals surface area contributed by atoms with E-state index in [9.17, 15) is 17.6 Å². The van der Waals surface area contributed by atoms with Gasteiger partial charge in [0.2, 0.25) is 0 Å². The summed E-state index contributed by atoms with van der Waals surface area (Å²) in [6.45, 7) is 31.0. The Morgan fingerprint density at radius 3 is 1.26 bits per heavy atom. The molecule has 6 aromatic rings. The molecule has 0 aliphatic carbocycles. The summed E-state index contributed by atoms with van der Waals surface area (Å²) in [5.41, 5.74) is 8.52. The average molecular weight is 1060 g/mol. The largest absolute Gasteiger partial charge is 0.416 e. The number of benzene rings is 6. The van der Waals surface area contributed by atoms with Gasteiger partial charge in [-0.25, -0.2) is 4.39 Å². The molecule has 74 heavy (non-hydrogen) atoms. The van der Waals surface area contributed by atoms with Gasteiger partial charge in [-0.05, 0) is 152 Å². The van der Waals surface area contributed by atoms with Crippen LogP contribution < -0.4 is 26.6 Å². The van der Waals surface area contributed by atoms with Crippen LogP contribution in [0.5, 0.6) is 0 Å². The molecule has 0 heterocycles. The summed E-state index contributed by atoms with van der Waals surface area (Å²) in [5.74, 6) is -0.132. The van der Waals surface area contributed by atoms with E-state index in [1.54, 1.807) is 44.2 Å². The van der Waals surface area contributed by atoms with E-state index < -0.39 is 29.4 Å². The van der Waals surface area contributed by atoms with Gasteiger partial charge >= 0.3 is 6.18 Å².